The first-order valence-electron chi connectivity index (χ1n) is 13.2. The SMILES string of the molecule is CC(C)CO.CC=N.CCC(C)C(=N)c1cccc(NC(=O)c2cc3c(cn2)CCN(C(=O)OCC(F)(F)F)C3)n1. The summed E-state index contributed by atoms with van der Waals surface area (Å²) in [6.45, 7) is 8.36. The molecular weight excluding hydrogens is 541 g/mol. The molecule has 1 unspecified atom stereocenters. The molecule has 41 heavy (non-hydrogen) atoms. The minimum Gasteiger partial charge on any atom is -0.440 e. The standard InChI is InChI=1S/C22H24F3N5O3.C4H10O.C2H5N/c1-3-13(2)19(26)16-5-4-6-18(28-16)29-20(31)17-9-15-11-30(8-7-14(15)10-27-17)21(32)33-12-22(23,24)25;1-4(2)3-5;1-2-3/h4-6,9-10,13,26H,3,7-8,11-12H2,1-2H3,(H,28,29,31);4-5H,3H2,1-2H3;2-3H,1H3. The molecule has 4 N–H and O–H groups in total. The normalized spacial score (nSPS) is 13.0. The van der Waals surface area contributed by atoms with E-state index in [2.05, 4.69) is 20.0 Å². The van der Waals surface area contributed by atoms with Crippen molar-refractivity contribution in [1.82, 2.24) is 14.9 Å². The summed E-state index contributed by atoms with van der Waals surface area (Å²) in [6.07, 6.45) is -1.73. The zero-order valence-electron chi connectivity index (χ0n) is 24.0. The molecule has 3 rings (SSSR count). The van der Waals surface area contributed by atoms with Gasteiger partial charge in [-0.05, 0) is 67.1 Å². The Morgan fingerprint density at radius 2 is 1.85 bits per heavy atom. The van der Waals surface area contributed by atoms with Crippen LogP contribution in [0.5, 0.6) is 0 Å². The fraction of sp³-hybridized carbons (Fsp3) is 0.500. The van der Waals surface area contributed by atoms with Gasteiger partial charge < -0.3 is 30.9 Å². The summed E-state index contributed by atoms with van der Waals surface area (Å²) in [5.41, 5.74) is 2.31. The number of ether oxygens (including phenoxy) is 1. The van der Waals surface area contributed by atoms with Crippen LogP contribution in [-0.2, 0) is 17.7 Å². The molecule has 0 aliphatic carbocycles. The van der Waals surface area contributed by atoms with Gasteiger partial charge in [0.1, 0.15) is 11.5 Å². The zero-order chi connectivity index (χ0) is 31.2. The average Bonchev–Trinajstić information content (AvgIpc) is 2.94. The number of alkyl halides is 3. The van der Waals surface area contributed by atoms with E-state index in [4.69, 9.17) is 15.9 Å². The third-order valence-electron chi connectivity index (χ3n) is 5.68. The first-order valence-corrected chi connectivity index (χ1v) is 13.2. The van der Waals surface area contributed by atoms with Gasteiger partial charge in [-0.2, -0.15) is 13.2 Å². The summed E-state index contributed by atoms with van der Waals surface area (Å²) < 4.78 is 41.2. The molecule has 0 saturated carbocycles. The second kappa shape index (κ2) is 17.1. The van der Waals surface area contributed by atoms with E-state index in [1.54, 1.807) is 25.1 Å². The predicted molar refractivity (Wildman–Crippen MR) is 151 cm³/mol. The van der Waals surface area contributed by atoms with Crippen molar-refractivity contribution in [2.24, 2.45) is 11.8 Å². The zero-order valence-corrected chi connectivity index (χ0v) is 24.0. The summed E-state index contributed by atoms with van der Waals surface area (Å²) in [5.74, 6) is 0.197. The van der Waals surface area contributed by atoms with E-state index in [1.807, 2.05) is 27.7 Å². The number of pyridine rings is 2. The number of amides is 2. The highest BCUT2D eigenvalue weighted by Gasteiger charge is 2.31. The van der Waals surface area contributed by atoms with E-state index in [0.29, 0.717) is 35.9 Å². The molecule has 0 radical (unpaired) electrons. The average molecular weight is 581 g/mol. The second-order valence-corrected chi connectivity index (χ2v) is 9.63. The maximum absolute atomic E-state index is 12.7. The van der Waals surface area contributed by atoms with E-state index in [-0.39, 0.29) is 30.5 Å². The minimum absolute atomic E-state index is 0.00856. The smallest absolute Gasteiger partial charge is 0.422 e. The van der Waals surface area contributed by atoms with Crippen LogP contribution in [0.2, 0.25) is 0 Å². The van der Waals surface area contributed by atoms with Crippen LogP contribution in [0.25, 0.3) is 0 Å². The Kier molecular flexibility index (Phi) is 14.6. The van der Waals surface area contributed by atoms with Crippen LogP contribution < -0.4 is 5.32 Å². The van der Waals surface area contributed by atoms with Gasteiger partial charge in [-0.15, -0.1) is 0 Å². The van der Waals surface area contributed by atoms with Gasteiger partial charge in [0.25, 0.3) is 5.91 Å². The van der Waals surface area contributed by atoms with Gasteiger partial charge >= 0.3 is 12.3 Å². The fourth-order valence-corrected chi connectivity index (χ4v) is 3.24. The molecule has 0 saturated heterocycles. The summed E-state index contributed by atoms with van der Waals surface area (Å²) in [6, 6.07) is 6.49. The van der Waals surface area contributed by atoms with E-state index in [0.717, 1.165) is 16.9 Å². The lowest BCUT2D eigenvalue weighted by atomic mass is 10.00. The predicted octanol–water partition coefficient (Wildman–Crippen LogP) is 5.49. The molecule has 1 aliphatic heterocycles. The summed E-state index contributed by atoms with van der Waals surface area (Å²) >= 11 is 0. The van der Waals surface area contributed by atoms with Gasteiger partial charge in [-0.3, -0.25) is 9.78 Å². The van der Waals surface area contributed by atoms with Crippen molar-refractivity contribution in [1.29, 1.82) is 10.8 Å². The van der Waals surface area contributed by atoms with Crippen molar-refractivity contribution in [3.63, 3.8) is 0 Å². The highest BCUT2D eigenvalue weighted by Crippen LogP contribution is 2.22. The first kappa shape index (κ1) is 35.2. The van der Waals surface area contributed by atoms with Gasteiger partial charge in [0, 0.05) is 25.9 Å². The number of carbonyl (C=O) groups is 2. The Morgan fingerprint density at radius 1 is 1.22 bits per heavy atom. The fourth-order valence-electron chi connectivity index (χ4n) is 3.24. The number of anilines is 1. The lowest BCUT2D eigenvalue weighted by Crippen LogP contribution is -2.38. The number of aromatic nitrogens is 2. The number of aliphatic hydroxyl groups excluding tert-OH is 1. The summed E-state index contributed by atoms with van der Waals surface area (Å²) in [7, 11) is 0. The molecule has 0 spiro atoms. The van der Waals surface area contributed by atoms with E-state index in [1.165, 1.54) is 18.5 Å². The first-order chi connectivity index (χ1) is 19.3. The molecule has 10 nitrogen and oxygen atoms in total. The molecule has 13 heteroatoms. The third kappa shape index (κ3) is 12.5. The molecule has 1 aliphatic rings. The molecule has 2 amide bonds. The van der Waals surface area contributed by atoms with Crippen molar-refractivity contribution in [3.05, 3.63) is 53.0 Å². The quantitative estimate of drug-likeness (QED) is 0.318. The van der Waals surface area contributed by atoms with E-state index in [9.17, 15) is 22.8 Å². The van der Waals surface area contributed by atoms with Crippen LogP contribution >= 0.6 is 0 Å². The lowest BCUT2D eigenvalue weighted by Gasteiger charge is -2.28. The summed E-state index contributed by atoms with van der Waals surface area (Å²) in [5, 5.41) is 25.1. The van der Waals surface area contributed by atoms with Crippen LogP contribution in [0.15, 0.2) is 30.5 Å². The van der Waals surface area contributed by atoms with Gasteiger partial charge in [0.2, 0.25) is 0 Å². The number of nitrogens with one attached hydrogen (secondary N) is 3. The maximum atomic E-state index is 12.7. The second-order valence-electron chi connectivity index (χ2n) is 9.63. The van der Waals surface area contributed by atoms with Crippen LogP contribution in [0.1, 0.15) is 68.3 Å². The number of carbonyl (C=O) groups excluding carboxylic acids is 2. The highest BCUT2D eigenvalue weighted by atomic mass is 19.4. The maximum Gasteiger partial charge on any atom is 0.422 e. The van der Waals surface area contributed by atoms with Gasteiger partial charge in [-0.1, -0.05) is 33.8 Å². The monoisotopic (exact) mass is 580 g/mol. The Hall–Kier alpha value is -3.87. The topological polar surface area (TPSA) is 152 Å². The van der Waals surface area contributed by atoms with Crippen molar-refractivity contribution in [3.8, 4) is 0 Å². The van der Waals surface area contributed by atoms with Gasteiger partial charge in [-0.25, -0.2) is 9.78 Å². The van der Waals surface area contributed by atoms with Crippen molar-refractivity contribution in [2.45, 2.75) is 60.2 Å². The number of halogens is 3. The molecule has 0 bridgehead atoms. The number of hydrogen-bond donors (Lipinski definition) is 4. The Balaban J connectivity index is 0.000000930. The third-order valence-corrected chi connectivity index (χ3v) is 5.68. The Labute approximate surface area is 238 Å². The number of nitrogens with zero attached hydrogens (tertiary/aromatic N) is 3. The molecule has 226 valence electrons. The number of rotatable bonds is 7. The molecule has 2 aromatic heterocycles. The van der Waals surface area contributed by atoms with Crippen LogP contribution in [0.3, 0.4) is 0 Å². The Bertz CT molecular complexity index is 1170. The van der Waals surface area contributed by atoms with Crippen LogP contribution in [0.4, 0.5) is 23.8 Å². The van der Waals surface area contributed by atoms with Crippen molar-refractivity contribution < 1.29 is 32.6 Å². The molecule has 3 heterocycles. The number of hydrogen-bond acceptors (Lipinski definition) is 8. The summed E-state index contributed by atoms with van der Waals surface area (Å²) in [4.78, 5) is 34.3. The molecule has 2 aromatic rings. The number of aliphatic hydroxyl groups is 1. The van der Waals surface area contributed by atoms with E-state index < -0.39 is 24.8 Å². The van der Waals surface area contributed by atoms with E-state index >= 15 is 0 Å². The van der Waals surface area contributed by atoms with Gasteiger partial charge in [0.15, 0.2) is 6.61 Å². The molecule has 0 fully saturated rings. The number of fused-ring (bicyclic) bond motifs is 1. The van der Waals surface area contributed by atoms with Crippen LogP contribution in [-0.4, -0.2) is 69.8 Å². The minimum atomic E-state index is -4.60. The Morgan fingerprint density at radius 3 is 2.41 bits per heavy atom. The van der Waals surface area contributed by atoms with Crippen LogP contribution in [0, 0.1) is 22.7 Å². The molecule has 0 aromatic carbocycles. The largest absolute Gasteiger partial charge is 0.440 e. The molecule has 1 atom stereocenters. The molecular formula is C28H39F3N6O4. The highest BCUT2D eigenvalue weighted by molar-refractivity contribution is 6.03. The lowest BCUT2D eigenvalue weighted by molar-refractivity contribution is -0.162. The van der Waals surface area contributed by atoms with Crippen molar-refractivity contribution in [2.75, 3.05) is 25.1 Å². The van der Waals surface area contributed by atoms with Crippen molar-refractivity contribution >= 4 is 29.7 Å². The van der Waals surface area contributed by atoms with Gasteiger partial charge in [0.05, 0.1) is 11.4 Å².